The molecule has 1 aliphatic rings. The van der Waals surface area contributed by atoms with Crippen LogP contribution in [-0.2, 0) is 16.1 Å². The Morgan fingerprint density at radius 3 is 2.33 bits per heavy atom. The number of nitrogens with one attached hydrogen (secondary N) is 1. The first-order valence-corrected chi connectivity index (χ1v) is 11.3. The maximum Gasteiger partial charge on any atom is 0.259 e. The lowest BCUT2D eigenvalue weighted by Crippen LogP contribution is -2.51. The molecule has 0 fully saturated rings. The summed E-state index contributed by atoms with van der Waals surface area (Å²) in [5.41, 5.74) is 2.26. The predicted molar refractivity (Wildman–Crippen MR) is 130 cm³/mol. The SMILES string of the molecule is CC(C)CNC(=O)[C@H](C)N(Cc1ccccc1)C(=O)CN1C(=O)c2cccc3cccc1c23. The number of anilines is 1. The van der Waals surface area contributed by atoms with Gasteiger partial charge in [0.1, 0.15) is 12.6 Å². The molecule has 0 saturated carbocycles. The number of carbonyl (C=O) groups excluding carboxylic acids is 3. The quantitative estimate of drug-likeness (QED) is 0.572. The fourth-order valence-electron chi connectivity index (χ4n) is 4.18. The first kappa shape index (κ1) is 22.5. The smallest absolute Gasteiger partial charge is 0.259 e. The van der Waals surface area contributed by atoms with Gasteiger partial charge in [0.2, 0.25) is 11.8 Å². The molecular formula is C27H29N3O3. The van der Waals surface area contributed by atoms with Crippen LogP contribution in [0.1, 0.15) is 36.7 Å². The van der Waals surface area contributed by atoms with E-state index in [1.807, 2.05) is 74.5 Å². The normalized spacial score (nSPS) is 13.5. The molecule has 0 spiro atoms. The Morgan fingerprint density at radius 1 is 0.939 bits per heavy atom. The number of hydrogen-bond donors (Lipinski definition) is 1. The topological polar surface area (TPSA) is 69.7 Å². The molecule has 33 heavy (non-hydrogen) atoms. The highest BCUT2D eigenvalue weighted by atomic mass is 16.2. The predicted octanol–water partition coefficient (Wildman–Crippen LogP) is 3.99. The van der Waals surface area contributed by atoms with Gasteiger partial charge in [0, 0.05) is 24.0 Å². The van der Waals surface area contributed by atoms with Crippen molar-refractivity contribution in [3.05, 3.63) is 77.9 Å². The van der Waals surface area contributed by atoms with Crippen molar-refractivity contribution in [2.45, 2.75) is 33.4 Å². The van der Waals surface area contributed by atoms with Crippen molar-refractivity contribution in [2.75, 3.05) is 18.0 Å². The van der Waals surface area contributed by atoms with Gasteiger partial charge in [-0.3, -0.25) is 19.3 Å². The minimum atomic E-state index is -0.674. The van der Waals surface area contributed by atoms with Crippen LogP contribution in [0.4, 0.5) is 5.69 Å². The second-order valence-electron chi connectivity index (χ2n) is 8.89. The molecule has 3 aromatic rings. The van der Waals surface area contributed by atoms with Crippen LogP contribution in [0.3, 0.4) is 0 Å². The van der Waals surface area contributed by atoms with Crippen LogP contribution in [0.5, 0.6) is 0 Å². The number of carbonyl (C=O) groups is 3. The molecule has 1 aliphatic heterocycles. The maximum absolute atomic E-state index is 13.6. The van der Waals surface area contributed by atoms with Crippen LogP contribution < -0.4 is 10.2 Å². The largest absolute Gasteiger partial charge is 0.354 e. The van der Waals surface area contributed by atoms with Crippen molar-refractivity contribution in [3.63, 3.8) is 0 Å². The van der Waals surface area contributed by atoms with Gasteiger partial charge in [-0.2, -0.15) is 0 Å². The number of rotatable bonds is 8. The van der Waals surface area contributed by atoms with Gasteiger partial charge in [-0.25, -0.2) is 0 Å². The zero-order valence-electron chi connectivity index (χ0n) is 19.2. The molecule has 1 atom stereocenters. The van der Waals surface area contributed by atoms with Gasteiger partial charge in [0.05, 0.1) is 5.69 Å². The molecule has 170 valence electrons. The van der Waals surface area contributed by atoms with E-state index in [-0.39, 0.29) is 30.8 Å². The molecule has 1 N–H and O–H groups in total. The third kappa shape index (κ3) is 4.60. The molecule has 0 aliphatic carbocycles. The van der Waals surface area contributed by atoms with Gasteiger partial charge in [-0.05, 0) is 35.9 Å². The first-order chi connectivity index (χ1) is 15.9. The van der Waals surface area contributed by atoms with E-state index in [4.69, 9.17) is 0 Å². The van der Waals surface area contributed by atoms with E-state index in [1.54, 1.807) is 17.9 Å². The van der Waals surface area contributed by atoms with Crippen molar-refractivity contribution < 1.29 is 14.4 Å². The van der Waals surface area contributed by atoms with Gasteiger partial charge in [-0.1, -0.05) is 68.4 Å². The van der Waals surface area contributed by atoms with Crippen LogP contribution in [0.25, 0.3) is 10.8 Å². The molecule has 0 bridgehead atoms. The van der Waals surface area contributed by atoms with Crippen molar-refractivity contribution in [2.24, 2.45) is 5.92 Å². The molecule has 4 rings (SSSR count). The summed E-state index contributed by atoms with van der Waals surface area (Å²) in [5.74, 6) is -0.359. The van der Waals surface area contributed by atoms with Gasteiger partial charge in [0.25, 0.3) is 5.91 Å². The average Bonchev–Trinajstić information content (AvgIpc) is 3.09. The molecule has 0 unspecified atom stereocenters. The molecular weight excluding hydrogens is 414 g/mol. The molecule has 0 radical (unpaired) electrons. The van der Waals surface area contributed by atoms with Crippen LogP contribution in [0.2, 0.25) is 0 Å². The lowest BCUT2D eigenvalue weighted by Gasteiger charge is -2.30. The molecule has 3 aromatic carbocycles. The second kappa shape index (κ2) is 9.45. The van der Waals surface area contributed by atoms with E-state index in [9.17, 15) is 14.4 Å². The van der Waals surface area contributed by atoms with Crippen molar-refractivity contribution in [3.8, 4) is 0 Å². The Morgan fingerprint density at radius 2 is 1.64 bits per heavy atom. The summed E-state index contributed by atoms with van der Waals surface area (Å²) < 4.78 is 0. The molecule has 1 heterocycles. The van der Waals surface area contributed by atoms with Gasteiger partial charge in [-0.15, -0.1) is 0 Å². The summed E-state index contributed by atoms with van der Waals surface area (Å²) in [7, 11) is 0. The third-order valence-electron chi connectivity index (χ3n) is 5.99. The number of benzene rings is 3. The zero-order chi connectivity index (χ0) is 23.5. The molecule has 6 nitrogen and oxygen atoms in total. The number of hydrogen-bond acceptors (Lipinski definition) is 3. The Bertz CT molecular complexity index is 1180. The Labute approximate surface area is 194 Å². The fraction of sp³-hybridized carbons (Fsp3) is 0.296. The third-order valence-corrected chi connectivity index (χ3v) is 5.99. The highest BCUT2D eigenvalue weighted by molar-refractivity contribution is 6.26. The fourth-order valence-corrected chi connectivity index (χ4v) is 4.18. The van der Waals surface area contributed by atoms with E-state index in [1.165, 1.54) is 4.90 Å². The Kier molecular flexibility index (Phi) is 6.45. The maximum atomic E-state index is 13.6. The highest BCUT2D eigenvalue weighted by Gasteiger charge is 2.34. The molecule has 6 heteroatoms. The first-order valence-electron chi connectivity index (χ1n) is 11.3. The van der Waals surface area contributed by atoms with Crippen molar-refractivity contribution >= 4 is 34.2 Å². The standard InChI is InChI=1S/C27H29N3O3/c1-18(2)15-28-26(32)19(3)29(16-20-9-5-4-6-10-20)24(31)17-30-23-14-8-12-21-11-7-13-22(25(21)23)27(30)33/h4-14,18-19H,15-17H2,1-3H3,(H,28,32)/t19-/m0/s1. The van der Waals surface area contributed by atoms with Crippen molar-refractivity contribution in [1.29, 1.82) is 0 Å². The molecule has 3 amide bonds. The molecule has 0 saturated heterocycles. The van der Waals surface area contributed by atoms with Gasteiger partial charge < -0.3 is 10.2 Å². The zero-order valence-corrected chi connectivity index (χ0v) is 19.2. The molecule has 0 aromatic heterocycles. The highest BCUT2D eigenvalue weighted by Crippen LogP contribution is 2.37. The lowest BCUT2D eigenvalue weighted by molar-refractivity contribution is -0.139. The minimum Gasteiger partial charge on any atom is -0.354 e. The van der Waals surface area contributed by atoms with Crippen LogP contribution >= 0.6 is 0 Å². The average molecular weight is 444 g/mol. The monoisotopic (exact) mass is 443 g/mol. The summed E-state index contributed by atoms with van der Waals surface area (Å²) in [6.07, 6.45) is 0. The van der Waals surface area contributed by atoms with E-state index >= 15 is 0 Å². The second-order valence-corrected chi connectivity index (χ2v) is 8.89. The van der Waals surface area contributed by atoms with Crippen LogP contribution in [0, 0.1) is 5.92 Å². The summed E-state index contributed by atoms with van der Waals surface area (Å²) in [4.78, 5) is 42.6. The van der Waals surface area contributed by atoms with Gasteiger partial charge >= 0.3 is 0 Å². The van der Waals surface area contributed by atoms with E-state index in [0.29, 0.717) is 18.0 Å². The summed E-state index contributed by atoms with van der Waals surface area (Å²) >= 11 is 0. The number of amides is 3. The minimum absolute atomic E-state index is 0.124. The number of nitrogens with zero attached hydrogens (tertiary/aromatic N) is 2. The van der Waals surface area contributed by atoms with E-state index in [2.05, 4.69) is 5.32 Å². The summed E-state index contributed by atoms with van der Waals surface area (Å²) in [6.45, 7) is 6.48. The van der Waals surface area contributed by atoms with E-state index in [0.717, 1.165) is 22.0 Å². The Hall–Kier alpha value is -3.67. The summed E-state index contributed by atoms with van der Waals surface area (Å²) in [5, 5.41) is 4.76. The Balaban J connectivity index is 1.59. The van der Waals surface area contributed by atoms with Gasteiger partial charge in [0.15, 0.2) is 0 Å². The van der Waals surface area contributed by atoms with Crippen LogP contribution in [0.15, 0.2) is 66.7 Å². The lowest BCUT2D eigenvalue weighted by atomic mass is 10.1. The van der Waals surface area contributed by atoms with Crippen LogP contribution in [-0.4, -0.2) is 41.8 Å². The summed E-state index contributed by atoms with van der Waals surface area (Å²) in [6, 6.07) is 20.2. The van der Waals surface area contributed by atoms with Crippen molar-refractivity contribution in [1.82, 2.24) is 10.2 Å². The van der Waals surface area contributed by atoms with E-state index < -0.39 is 6.04 Å².